The Bertz CT molecular complexity index is 701. The fraction of sp³-hybridized carbons (Fsp3) is 0.389. The molecule has 1 amide bonds. The monoisotopic (exact) mass is 325 g/mol. The highest BCUT2D eigenvalue weighted by atomic mass is 16.2. The van der Waals surface area contributed by atoms with Crippen LogP contribution in [0.5, 0.6) is 0 Å². The number of likely N-dealkylation sites (tertiary alicyclic amines) is 1. The summed E-state index contributed by atoms with van der Waals surface area (Å²) in [6.07, 6.45) is 2.05. The molecule has 0 aliphatic carbocycles. The second-order valence-electron chi connectivity index (χ2n) is 6.21. The maximum Gasteiger partial charge on any atom is 0.234 e. The largest absolute Gasteiger partial charge is 0.382 e. The van der Waals surface area contributed by atoms with E-state index in [0.29, 0.717) is 18.9 Å². The second-order valence-corrected chi connectivity index (χ2v) is 6.21. The molecule has 2 aromatic rings. The van der Waals surface area contributed by atoms with Crippen molar-refractivity contribution in [2.24, 2.45) is 0 Å². The van der Waals surface area contributed by atoms with Crippen molar-refractivity contribution in [3.63, 3.8) is 0 Å². The number of aryl methyl sites for hydroxylation is 1. The smallest absolute Gasteiger partial charge is 0.234 e. The van der Waals surface area contributed by atoms with Crippen molar-refractivity contribution < 1.29 is 4.79 Å². The molecule has 0 saturated carbocycles. The first-order valence-electron chi connectivity index (χ1n) is 8.28. The van der Waals surface area contributed by atoms with Crippen molar-refractivity contribution in [1.82, 2.24) is 20.4 Å². The van der Waals surface area contributed by atoms with Crippen molar-refractivity contribution >= 4 is 11.7 Å². The molecule has 1 aromatic heterocycles. The number of hydrogen-bond donors (Lipinski definition) is 2. The fourth-order valence-corrected chi connectivity index (χ4v) is 3.12. The fourth-order valence-electron chi connectivity index (χ4n) is 3.12. The van der Waals surface area contributed by atoms with Crippen LogP contribution in [0.4, 0.5) is 5.82 Å². The predicted octanol–water partition coefficient (Wildman–Crippen LogP) is 1.82. The molecule has 24 heavy (non-hydrogen) atoms. The third-order valence-corrected chi connectivity index (χ3v) is 4.49. The minimum Gasteiger partial charge on any atom is -0.382 e. The molecular weight excluding hydrogens is 302 g/mol. The van der Waals surface area contributed by atoms with Crippen LogP contribution in [-0.4, -0.2) is 34.1 Å². The van der Waals surface area contributed by atoms with Gasteiger partial charge in [-0.05, 0) is 49.6 Å². The second kappa shape index (κ2) is 7.40. The number of amides is 1. The average Bonchev–Trinajstić information content (AvgIpc) is 3.03. The first kappa shape index (κ1) is 16.4. The minimum atomic E-state index is 0.0357. The summed E-state index contributed by atoms with van der Waals surface area (Å²) in [6, 6.07) is 11.9. The normalized spacial score (nSPS) is 17.8. The van der Waals surface area contributed by atoms with Crippen LogP contribution in [0.15, 0.2) is 36.4 Å². The Hall–Kier alpha value is -2.47. The Morgan fingerprint density at radius 3 is 2.88 bits per heavy atom. The molecule has 3 rings (SSSR count). The van der Waals surface area contributed by atoms with Crippen LogP contribution in [0.1, 0.15) is 35.7 Å². The highest BCUT2D eigenvalue weighted by molar-refractivity contribution is 5.78. The van der Waals surface area contributed by atoms with Crippen molar-refractivity contribution in [2.75, 3.05) is 18.8 Å². The quantitative estimate of drug-likeness (QED) is 0.876. The van der Waals surface area contributed by atoms with Gasteiger partial charge in [-0.2, -0.15) is 5.10 Å². The number of aromatic nitrogens is 2. The summed E-state index contributed by atoms with van der Waals surface area (Å²) in [6.45, 7) is 3.89. The maximum atomic E-state index is 12.3. The van der Waals surface area contributed by atoms with Crippen LogP contribution in [0.25, 0.3) is 0 Å². The van der Waals surface area contributed by atoms with Gasteiger partial charge in [0, 0.05) is 6.54 Å². The number of nitrogen functional groups attached to an aromatic ring is 1. The molecule has 3 N–H and O–H groups in total. The molecule has 6 nitrogen and oxygen atoms in total. The van der Waals surface area contributed by atoms with E-state index in [4.69, 9.17) is 5.73 Å². The number of anilines is 1. The first-order chi connectivity index (χ1) is 11.6. The van der Waals surface area contributed by atoms with Gasteiger partial charge >= 0.3 is 0 Å². The molecule has 1 saturated heterocycles. The van der Waals surface area contributed by atoms with Gasteiger partial charge in [0.2, 0.25) is 5.91 Å². The van der Waals surface area contributed by atoms with Crippen LogP contribution in [0.2, 0.25) is 0 Å². The summed E-state index contributed by atoms with van der Waals surface area (Å²) < 4.78 is 0. The third kappa shape index (κ3) is 3.89. The summed E-state index contributed by atoms with van der Waals surface area (Å²) in [5.41, 5.74) is 8.81. The Morgan fingerprint density at radius 1 is 1.29 bits per heavy atom. The van der Waals surface area contributed by atoms with E-state index in [9.17, 15) is 4.79 Å². The SMILES string of the molecule is Cc1ccccc1CNC(=O)CN1CCCC1c1ccc(N)nn1. The van der Waals surface area contributed by atoms with Gasteiger partial charge in [-0.3, -0.25) is 9.69 Å². The van der Waals surface area contributed by atoms with Gasteiger partial charge in [-0.25, -0.2) is 0 Å². The standard InChI is InChI=1S/C18H23N5O/c1-13-5-2-3-6-14(13)11-20-18(24)12-23-10-4-7-16(23)15-8-9-17(19)22-21-15/h2-3,5-6,8-9,16H,4,7,10-12H2,1H3,(H2,19,22)(H,20,24). The first-order valence-corrected chi connectivity index (χ1v) is 8.28. The summed E-state index contributed by atoms with van der Waals surface area (Å²) in [5, 5.41) is 11.1. The molecule has 1 unspecified atom stereocenters. The van der Waals surface area contributed by atoms with E-state index in [-0.39, 0.29) is 11.9 Å². The number of nitrogens with one attached hydrogen (secondary N) is 1. The van der Waals surface area contributed by atoms with Gasteiger partial charge in [0.25, 0.3) is 0 Å². The zero-order valence-electron chi connectivity index (χ0n) is 13.9. The Balaban J connectivity index is 1.57. The van der Waals surface area contributed by atoms with Gasteiger partial charge < -0.3 is 11.1 Å². The van der Waals surface area contributed by atoms with Crippen molar-refractivity contribution in [1.29, 1.82) is 0 Å². The number of nitrogens with two attached hydrogens (primary N) is 1. The number of carbonyl (C=O) groups is 1. The molecule has 1 aromatic carbocycles. The summed E-state index contributed by atoms with van der Waals surface area (Å²) in [7, 11) is 0. The van der Waals surface area contributed by atoms with Crippen LogP contribution < -0.4 is 11.1 Å². The summed E-state index contributed by atoms with van der Waals surface area (Å²) in [4.78, 5) is 14.5. The molecule has 126 valence electrons. The molecule has 0 spiro atoms. The molecular formula is C18H23N5O. The zero-order valence-corrected chi connectivity index (χ0v) is 13.9. The molecule has 1 fully saturated rings. The van der Waals surface area contributed by atoms with E-state index in [0.717, 1.165) is 30.6 Å². The highest BCUT2D eigenvalue weighted by Crippen LogP contribution is 2.30. The lowest BCUT2D eigenvalue weighted by Crippen LogP contribution is -2.37. The van der Waals surface area contributed by atoms with Gasteiger partial charge in [-0.1, -0.05) is 24.3 Å². The molecule has 1 aliphatic rings. The van der Waals surface area contributed by atoms with E-state index in [1.165, 1.54) is 5.56 Å². The van der Waals surface area contributed by atoms with Gasteiger partial charge in [0.05, 0.1) is 18.3 Å². The molecule has 6 heteroatoms. The number of nitrogens with zero attached hydrogens (tertiary/aromatic N) is 3. The van der Waals surface area contributed by atoms with Crippen LogP contribution in [0.3, 0.4) is 0 Å². The van der Waals surface area contributed by atoms with Gasteiger partial charge in [0.15, 0.2) is 0 Å². The number of hydrogen-bond acceptors (Lipinski definition) is 5. The Morgan fingerprint density at radius 2 is 2.12 bits per heavy atom. The highest BCUT2D eigenvalue weighted by Gasteiger charge is 2.28. The maximum absolute atomic E-state index is 12.3. The Labute approximate surface area is 142 Å². The number of benzene rings is 1. The molecule has 0 bridgehead atoms. The third-order valence-electron chi connectivity index (χ3n) is 4.49. The minimum absolute atomic E-state index is 0.0357. The lowest BCUT2D eigenvalue weighted by molar-refractivity contribution is -0.122. The molecule has 1 aliphatic heterocycles. The van der Waals surface area contributed by atoms with E-state index in [1.54, 1.807) is 6.07 Å². The van der Waals surface area contributed by atoms with E-state index >= 15 is 0 Å². The lowest BCUT2D eigenvalue weighted by Gasteiger charge is -2.23. The van der Waals surface area contributed by atoms with Crippen LogP contribution >= 0.6 is 0 Å². The van der Waals surface area contributed by atoms with E-state index in [2.05, 4.69) is 33.4 Å². The number of rotatable bonds is 5. The van der Waals surface area contributed by atoms with Gasteiger partial charge in [-0.15, -0.1) is 5.10 Å². The van der Waals surface area contributed by atoms with Crippen LogP contribution in [0, 0.1) is 6.92 Å². The van der Waals surface area contributed by atoms with Crippen molar-refractivity contribution in [2.45, 2.75) is 32.4 Å². The number of carbonyl (C=O) groups excluding carboxylic acids is 1. The van der Waals surface area contributed by atoms with E-state index < -0.39 is 0 Å². The Kier molecular flexibility index (Phi) is 5.05. The van der Waals surface area contributed by atoms with Crippen LogP contribution in [-0.2, 0) is 11.3 Å². The predicted molar refractivity (Wildman–Crippen MR) is 93.0 cm³/mol. The van der Waals surface area contributed by atoms with Gasteiger partial charge in [0.1, 0.15) is 5.82 Å². The molecule has 2 heterocycles. The average molecular weight is 325 g/mol. The topological polar surface area (TPSA) is 84.1 Å². The summed E-state index contributed by atoms with van der Waals surface area (Å²) in [5.74, 6) is 0.452. The molecule has 1 atom stereocenters. The lowest BCUT2D eigenvalue weighted by atomic mass is 10.1. The van der Waals surface area contributed by atoms with E-state index in [1.807, 2.05) is 24.3 Å². The summed E-state index contributed by atoms with van der Waals surface area (Å²) >= 11 is 0. The zero-order chi connectivity index (χ0) is 16.9. The molecule has 0 radical (unpaired) electrons. The van der Waals surface area contributed by atoms with Crippen molar-refractivity contribution in [3.8, 4) is 0 Å². The van der Waals surface area contributed by atoms with Crippen molar-refractivity contribution in [3.05, 3.63) is 53.2 Å².